The van der Waals surface area contributed by atoms with Crippen molar-refractivity contribution in [2.45, 2.75) is 19.8 Å². The van der Waals surface area contributed by atoms with Crippen molar-refractivity contribution in [3.8, 4) is 5.75 Å². The minimum atomic E-state index is -0.0322. The highest BCUT2D eigenvalue weighted by atomic mass is 32.1. The van der Waals surface area contributed by atoms with Gasteiger partial charge in [-0.1, -0.05) is 30.4 Å². The smallest absolute Gasteiger partial charge is 0.227 e. The number of phenolic OH excluding ortho intramolecular Hbond substituents is 1. The summed E-state index contributed by atoms with van der Waals surface area (Å²) in [5.74, 6) is 0.117. The van der Waals surface area contributed by atoms with Gasteiger partial charge in [-0.05, 0) is 13.0 Å². The minimum Gasteiger partial charge on any atom is -0.508 e. The maximum absolute atomic E-state index is 12.0. The van der Waals surface area contributed by atoms with Gasteiger partial charge in [0.25, 0.3) is 0 Å². The summed E-state index contributed by atoms with van der Waals surface area (Å²) >= 11 is 4.80. The summed E-state index contributed by atoms with van der Waals surface area (Å²) < 4.78 is 0. The third kappa shape index (κ3) is 4.33. The summed E-state index contributed by atoms with van der Waals surface area (Å²) in [6.45, 7) is 3.04. The molecule has 1 amide bonds. The molecule has 0 heterocycles. The second kappa shape index (κ2) is 6.96. The normalized spacial score (nSPS) is 10.1. The van der Waals surface area contributed by atoms with Gasteiger partial charge in [-0.15, -0.1) is 0 Å². The number of thiocarbonyl (C=S) groups is 1. The van der Waals surface area contributed by atoms with Crippen molar-refractivity contribution in [3.63, 3.8) is 0 Å². The van der Waals surface area contributed by atoms with Gasteiger partial charge in [0.1, 0.15) is 5.75 Å². The van der Waals surface area contributed by atoms with Gasteiger partial charge in [-0.3, -0.25) is 4.79 Å². The fourth-order valence-electron chi connectivity index (χ4n) is 1.64. The van der Waals surface area contributed by atoms with Crippen molar-refractivity contribution in [1.82, 2.24) is 4.90 Å². The molecule has 3 N–H and O–H groups in total. The molecule has 0 aromatic heterocycles. The predicted octanol–water partition coefficient (Wildman–Crippen LogP) is 1.46. The third-order valence-corrected chi connectivity index (χ3v) is 2.90. The van der Waals surface area contributed by atoms with Gasteiger partial charge < -0.3 is 15.7 Å². The van der Waals surface area contributed by atoms with Crippen LogP contribution in [0.2, 0.25) is 0 Å². The van der Waals surface area contributed by atoms with Crippen LogP contribution in [0.4, 0.5) is 0 Å². The van der Waals surface area contributed by atoms with E-state index in [-0.39, 0.29) is 18.1 Å². The first-order chi connectivity index (χ1) is 8.54. The first-order valence-electron chi connectivity index (χ1n) is 5.87. The van der Waals surface area contributed by atoms with Crippen LogP contribution in [0, 0.1) is 0 Å². The molecular formula is C13H18N2O2S. The van der Waals surface area contributed by atoms with Gasteiger partial charge in [0.05, 0.1) is 11.4 Å². The number of aromatic hydroxyl groups is 1. The summed E-state index contributed by atoms with van der Waals surface area (Å²) in [4.78, 5) is 14.1. The topological polar surface area (TPSA) is 66.6 Å². The van der Waals surface area contributed by atoms with E-state index in [1.807, 2.05) is 6.92 Å². The van der Waals surface area contributed by atoms with Crippen LogP contribution in [-0.2, 0) is 11.2 Å². The lowest BCUT2D eigenvalue weighted by molar-refractivity contribution is -0.130. The highest BCUT2D eigenvalue weighted by Crippen LogP contribution is 2.16. The summed E-state index contributed by atoms with van der Waals surface area (Å²) in [6.07, 6.45) is 0.716. The van der Waals surface area contributed by atoms with Crippen molar-refractivity contribution < 1.29 is 9.90 Å². The summed E-state index contributed by atoms with van der Waals surface area (Å²) in [5, 5.41) is 9.62. The van der Waals surface area contributed by atoms with Crippen LogP contribution in [0.3, 0.4) is 0 Å². The number of phenols is 1. The third-order valence-electron chi connectivity index (χ3n) is 2.70. The first kappa shape index (κ1) is 14.4. The molecule has 5 heteroatoms. The second-order valence-electron chi connectivity index (χ2n) is 4.00. The number of amides is 1. The van der Waals surface area contributed by atoms with Crippen molar-refractivity contribution in [2.24, 2.45) is 5.73 Å². The number of benzene rings is 1. The SMILES string of the molecule is CCN(CCC(N)=S)C(=O)Cc1ccccc1O. The van der Waals surface area contributed by atoms with Crippen molar-refractivity contribution in [2.75, 3.05) is 13.1 Å². The fourth-order valence-corrected chi connectivity index (χ4v) is 1.73. The number of rotatable bonds is 6. The predicted molar refractivity (Wildman–Crippen MR) is 75.5 cm³/mol. The molecule has 0 bridgehead atoms. The Bertz CT molecular complexity index is 435. The summed E-state index contributed by atoms with van der Waals surface area (Å²) in [7, 11) is 0. The Morgan fingerprint density at radius 2 is 2.11 bits per heavy atom. The van der Waals surface area contributed by atoms with Crippen LogP contribution in [0.25, 0.3) is 0 Å². The molecule has 0 aliphatic heterocycles. The number of para-hydroxylation sites is 1. The van der Waals surface area contributed by atoms with Crippen LogP contribution < -0.4 is 5.73 Å². The minimum absolute atomic E-state index is 0.0322. The van der Waals surface area contributed by atoms with E-state index in [0.717, 1.165) is 0 Å². The van der Waals surface area contributed by atoms with Crippen LogP contribution in [0.15, 0.2) is 24.3 Å². The number of hydrogen-bond donors (Lipinski definition) is 2. The molecular weight excluding hydrogens is 248 g/mol. The van der Waals surface area contributed by atoms with Gasteiger partial charge in [0.15, 0.2) is 0 Å². The molecule has 0 saturated heterocycles. The number of carbonyl (C=O) groups is 1. The van der Waals surface area contributed by atoms with Gasteiger partial charge >= 0.3 is 0 Å². The molecule has 0 aliphatic carbocycles. The molecule has 0 unspecified atom stereocenters. The Balaban J connectivity index is 2.62. The van der Waals surface area contributed by atoms with E-state index in [1.165, 1.54) is 0 Å². The highest BCUT2D eigenvalue weighted by molar-refractivity contribution is 7.80. The van der Waals surface area contributed by atoms with E-state index < -0.39 is 0 Å². The number of carbonyl (C=O) groups excluding carboxylic acids is 1. The Kier molecular flexibility index (Phi) is 5.58. The van der Waals surface area contributed by atoms with Crippen molar-refractivity contribution in [1.29, 1.82) is 0 Å². The Morgan fingerprint density at radius 3 is 2.67 bits per heavy atom. The molecule has 1 aromatic rings. The molecule has 98 valence electrons. The molecule has 0 atom stereocenters. The lowest BCUT2D eigenvalue weighted by Gasteiger charge is -2.20. The molecule has 1 aromatic carbocycles. The second-order valence-corrected chi connectivity index (χ2v) is 4.52. The fraction of sp³-hybridized carbons (Fsp3) is 0.385. The quantitative estimate of drug-likeness (QED) is 0.765. The van der Waals surface area contributed by atoms with Gasteiger partial charge in [0, 0.05) is 25.1 Å². The number of nitrogens with two attached hydrogens (primary N) is 1. The Hall–Kier alpha value is -1.62. The molecule has 4 nitrogen and oxygen atoms in total. The standard InChI is InChI=1S/C13H18N2O2S/c1-2-15(8-7-12(14)18)13(17)9-10-5-3-4-6-11(10)16/h3-6,16H,2,7-9H2,1H3,(H2,14,18). The molecule has 0 saturated carbocycles. The number of nitrogens with zero attached hydrogens (tertiary/aromatic N) is 1. The van der Waals surface area contributed by atoms with Crippen LogP contribution in [0.5, 0.6) is 5.75 Å². The number of hydrogen-bond acceptors (Lipinski definition) is 3. The largest absolute Gasteiger partial charge is 0.508 e. The van der Waals surface area contributed by atoms with E-state index in [9.17, 15) is 9.90 Å². The maximum atomic E-state index is 12.0. The zero-order chi connectivity index (χ0) is 13.5. The lowest BCUT2D eigenvalue weighted by atomic mass is 10.1. The maximum Gasteiger partial charge on any atom is 0.227 e. The zero-order valence-corrected chi connectivity index (χ0v) is 11.2. The molecule has 0 fully saturated rings. The first-order valence-corrected chi connectivity index (χ1v) is 6.28. The van der Waals surface area contributed by atoms with Gasteiger partial charge in [-0.25, -0.2) is 0 Å². The lowest BCUT2D eigenvalue weighted by Crippen LogP contribution is -2.34. The van der Waals surface area contributed by atoms with Gasteiger partial charge in [0.2, 0.25) is 5.91 Å². The monoisotopic (exact) mass is 266 g/mol. The van der Waals surface area contributed by atoms with Gasteiger partial charge in [-0.2, -0.15) is 0 Å². The average molecular weight is 266 g/mol. The summed E-state index contributed by atoms with van der Waals surface area (Å²) in [5.41, 5.74) is 6.06. The van der Waals surface area contributed by atoms with E-state index >= 15 is 0 Å². The average Bonchev–Trinajstić information content (AvgIpc) is 2.32. The molecule has 18 heavy (non-hydrogen) atoms. The Labute approximate surface area is 112 Å². The van der Waals surface area contributed by atoms with E-state index in [2.05, 4.69) is 0 Å². The van der Waals surface area contributed by atoms with E-state index in [0.29, 0.717) is 30.1 Å². The van der Waals surface area contributed by atoms with Crippen LogP contribution >= 0.6 is 12.2 Å². The Morgan fingerprint density at radius 1 is 1.44 bits per heavy atom. The van der Waals surface area contributed by atoms with Crippen molar-refractivity contribution in [3.05, 3.63) is 29.8 Å². The zero-order valence-electron chi connectivity index (χ0n) is 10.4. The number of likely N-dealkylation sites (N-methyl/N-ethyl adjacent to an activating group) is 1. The van der Waals surface area contributed by atoms with Crippen molar-refractivity contribution >= 4 is 23.1 Å². The highest BCUT2D eigenvalue weighted by Gasteiger charge is 2.14. The van der Waals surface area contributed by atoms with E-state index in [1.54, 1.807) is 29.2 Å². The summed E-state index contributed by atoms with van der Waals surface area (Å²) in [6, 6.07) is 6.85. The molecule has 0 radical (unpaired) electrons. The molecule has 0 spiro atoms. The molecule has 0 aliphatic rings. The van der Waals surface area contributed by atoms with Crippen LogP contribution in [0.1, 0.15) is 18.9 Å². The van der Waals surface area contributed by atoms with Crippen LogP contribution in [-0.4, -0.2) is 34.0 Å². The van der Waals surface area contributed by atoms with E-state index in [4.69, 9.17) is 18.0 Å². The molecule has 1 rings (SSSR count).